The summed E-state index contributed by atoms with van der Waals surface area (Å²) in [5.41, 5.74) is 1.88. The molecule has 2 N–H and O–H groups in total. The Morgan fingerprint density at radius 3 is 3.18 bits per heavy atom. The highest BCUT2D eigenvalue weighted by Gasteiger charge is 1.98. The lowest BCUT2D eigenvalue weighted by Gasteiger charge is -1.95. The number of fused-ring (bicyclic) bond motifs is 1. The summed E-state index contributed by atoms with van der Waals surface area (Å²) in [6, 6.07) is 5.71. The van der Waals surface area contributed by atoms with Crippen molar-refractivity contribution in [1.29, 1.82) is 0 Å². The molecular formula is C8H8N2O. The number of H-pyrrole nitrogens is 1. The molecule has 3 nitrogen and oxygen atoms in total. The van der Waals surface area contributed by atoms with Gasteiger partial charge in [0.1, 0.15) is 0 Å². The molecule has 0 spiro atoms. The van der Waals surface area contributed by atoms with Crippen LogP contribution in [0, 0.1) is 0 Å². The van der Waals surface area contributed by atoms with E-state index < -0.39 is 0 Å². The minimum absolute atomic E-state index is 0.0663. The SMILES string of the molecule is OCc1cccc2[nH]ncc12. The van der Waals surface area contributed by atoms with Crippen LogP contribution in [0.2, 0.25) is 0 Å². The van der Waals surface area contributed by atoms with E-state index in [0.29, 0.717) is 0 Å². The highest BCUT2D eigenvalue weighted by atomic mass is 16.3. The fourth-order valence-electron chi connectivity index (χ4n) is 1.17. The Morgan fingerprint density at radius 2 is 2.36 bits per heavy atom. The van der Waals surface area contributed by atoms with Crippen LogP contribution in [0.1, 0.15) is 5.56 Å². The van der Waals surface area contributed by atoms with Crippen molar-refractivity contribution in [1.82, 2.24) is 10.2 Å². The van der Waals surface area contributed by atoms with Crippen LogP contribution in [0.4, 0.5) is 0 Å². The quantitative estimate of drug-likeness (QED) is 0.635. The van der Waals surface area contributed by atoms with Gasteiger partial charge in [-0.1, -0.05) is 12.1 Å². The fourth-order valence-corrected chi connectivity index (χ4v) is 1.17. The molecule has 56 valence electrons. The minimum Gasteiger partial charge on any atom is -0.392 e. The number of nitrogens with zero attached hydrogens (tertiary/aromatic N) is 1. The molecule has 0 saturated heterocycles. The first-order chi connectivity index (χ1) is 5.42. The normalized spacial score (nSPS) is 10.6. The van der Waals surface area contributed by atoms with E-state index in [-0.39, 0.29) is 6.61 Å². The van der Waals surface area contributed by atoms with Crippen LogP contribution in [0.25, 0.3) is 10.9 Å². The molecule has 3 heteroatoms. The Bertz CT molecular complexity index is 367. The van der Waals surface area contributed by atoms with Gasteiger partial charge in [-0.2, -0.15) is 5.10 Å². The highest BCUT2D eigenvalue weighted by Crippen LogP contribution is 2.15. The van der Waals surface area contributed by atoms with Gasteiger partial charge in [0.15, 0.2) is 0 Å². The average Bonchev–Trinajstić information content (AvgIpc) is 2.50. The molecule has 0 bridgehead atoms. The van der Waals surface area contributed by atoms with Crippen molar-refractivity contribution in [3.63, 3.8) is 0 Å². The third-order valence-corrected chi connectivity index (χ3v) is 1.75. The molecule has 1 aromatic heterocycles. The van der Waals surface area contributed by atoms with E-state index in [9.17, 15) is 0 Å². The first kappa shape index (κ1) is 6.37. The van der Waals surface area contributed by atoms with Gasteiger partial charge < -0.3 is 5.11 Å². The first-order valence-corrected chi connectivity index (χ1v) is 3.43. The predicted molar refractivity (Wildman–Crippen MR) is 42.0 cm³/mol. The van der Waals surface area contributed by atoms with E-state index in [1.54, 1.807) is 6.20 Å². The third-order valence-electron chi connectivity index (χ3n) is 1.75. The van der Waals surface area contributed by atoms with E-state index in [0.717, 1.165) is 16.5 Å². The molecular weight excluding hydrogens is 140 g/mol. The summed E-state index contributed by atoms with van der Waals surface area (Å²) in [5.74, 6) is 0. The number of aromatic nitrogens is 2. The standard InChI is InChI=1S/C8H8N2O/c11-5-6-2-1-3-8-7(6)4-9-10-8/h1-4,11H,5H2,(H,9,10). The van der Waals surface area contributed by atoms with Gasteiger partial charge in [0, 0.05) is 5.39 Å². The molecule has 1 aromatic carbocycles. The second-order valence-electron chi connectivity index (χ2n) is 2.41. The molecule has 2 rings (SSSR count). The summed E-state index contributed by atoms with van der Waals surface area (Å²) >= 11 is 0. The number of aliphatic hydroxyl groups is 1. The fraction of sp³-hybridized carbons (Fsp3) is 0.125. The summed E-state index contributed by atoms with van der Waals surface area (Å²) in [4.78, 5) is 0. The van der Waals surface area contributed by atoms with Crippen LogP contribution in [0.3, 0.4) is 0 Å². The van der Waals surface area contributed by atoms with Gasteiger partial charge >= 0.3 is 0 Å². The zero-order valence-corrected chi connectivity index (χ0v) is 5.91. The summed E-state index contributed by atoms with van der Waals surface area (Å²) in [6.07, 6.45) is 1.72. The maximum atomic E-state index is 8.91. The van der Waals surface area contributed by atoms with E-state index in [1.807, 2.05) is 18.2 Å². The van der Waals surface area contributed by atoms with Gasteiger partial charge in [-0.3, -0.25) is 5.10 Å². The summed E-state index contributed by atoms with van der Waals surface area (Å²) < 4.78 is 0. The molecule has 1 heterocycles. The minimum atomic E-state index is 0.0663. The molecule has 0 saturated carbocycles. The zero-order chi connectivity index (χ0) is 7.68. The average molecular weight is 148 g/mol. The van der Waals surface area contributed by atoms with Crippen molar-refractivity contribution in [2.24, 2.45) is 0 Å². The second-order valence-corrected chi connectivity index (χ2v) is 2.41. The van der Waals surface area contributed by atoms with Gasteiger partial charge in [-0.15, -0.1) is 0 Å². The Kier molecular flexibility index (Phi) is 1.36. The monoisotopic (exact) mass is 148 g/mol. The number of nitrogens with one attached hydrogen (secondary N) is 1. The maximum absolute atomic E-state index is 8.91. The molecule has 0 unspecified atom stereocenters. The molecule has 0 amide bonds. The summed E-state index contributed by atoms with van der Waals surface area (Å²) in [5, 5.41) is 16.6. The molecule has 0 radical (unpaired) electrons. The van der Waals surface area contributed by atoms with Crippen LogP contribution in [0.15, 0.2) is 24.4 Å². The Labute approximate surface area is 63.7 Å². The van der Waals surface area contributed by atoms with E-state index >= 15 is 0 Å². The largest absolute Gasteiger partial charge is 0.392 e. The molecule has 0 aliphatic rings. The van der Waals surface area contributed by atoms with Crippen LogP contribution < -0.4 is 0 Å². The smallest absolute Gasteiger partial charge is 0.0689 e. The summed E-state index contributed by atoms with van der Waals surface area (Å²) in [6.45, 7) is 0.0663. The second kappa shape index (κ2) is 2.36. The highest BCUT2D eigenvalue weighted by molar-refractivity contribution is 5.81. The third kappa shape index (κ3) is 0.897. The Hall–Kier alpha value is -1.35. The molecule has 0 aliphatic carbocycles. The van der Waals surface area contributed by atoms with Gasteiger partial charge in [0.05, 0.1) is 18.3 Å². The molecule has 0 aliphatic heterocycles. The zero-order valence-electron chi connectivity index (χ0n) is 5.91. The molecule has 2 aromatic rings. The van der Waals surface area contributed by atoms with Gasteiger partial charge in [0.2, 0.25) is 0 Å². The Morgan fingerprint density at radius 1 is 1.45 bits per heavy atom. The van der Waals surface area contributed by atoms with Crippen molar-refractivity contribution >= 4 is 10.9 Å². The first-order valence-electron chi connectivity index (χ1n) is 3.43. The maximum Gasteiger partial charge on any atom is 0.0689 e. The topological polar surface area (TPSA) is 48.9 Å². The molecule has 0 fully saturated rings. The van der Waals surface area contributed by atoms with E-state index in [4.69, 9.17) is 5.11 Å². The van der Waals surface area contributed by atoms with Gasteiger partial charge in [0.25, 0.3) is 0 Å². The van der Waals surface area contributed by atoms with Crippen LogP contribution >= 0.6 is 0 Å². The van der Waals surface area contributed by atoms with E-state index in [1.165, 1.54) is 0 Å². The van der Waals surface area contributed by atoms with Crippen LogP contribution in [-0.4, -0.2) is 15.3 Å². The number of rotatable bonds is 1. The lowest BCUT2D eigenvalue weighted by atomic mass is 10.1. The van der Waals surface area contributed by atoms with Gasteiger partial charge in [-0.25, -0.2) is 0 Å². The van der Waals surface area contributed by atoms with Crippen molar-refractivity contribution in [3.05, 3.63) is 30.0 Å². The Balaban J connectivity index is 2.79. The lowest BCUT2D eigenvalue weighted by molar-refractivity contribution is 0.283. The number of hydrogen-bond donors (Lipinski definition) is 2. The number of benzene rings is 1. The summed E-state index contributed by atoms with van der Waals surface area (Å²) in [7, 11) is 0. The number of aliphatic hydroxyl groups excluding tert-OH is 1. The number of hydrogen-bond acceptors (Lipinski definition) is 2. The molecule has 0 atom stereocenters. The lowest BCUT2D eigenvalue weighted by Crippen LogP contribution is -1.81. The van der Waals surface area contributed by atoms with E-state index in [2.05, 4.69) is 10.2 Å². The van der Waals surface area contributed by atoms with Gasteiger partial charge in [-0.05, 0) is 11.6 Å². The van der Waals surface area contributed by atoms with Crippen LogP contribution in [-0.2, 0) is 6.61 Å². The van der Waals surface area contributed by atoms with Crippen LogP contribution in [0.5, 0.6) is 0 Å². The van der Waals surface area contributed by atoms with Crippen molar-refractivity contribution < 1.29 is 5.11 Å². The van der Waals surface area contributed by atoms with Crippen molar-refractivity contribution in [2.45, 2.75) is 6.61 Å². The number of aromatic amines is 1. The predicted octanol–water partition coefficient (Wildman–Crippen LogP) is 1.06. The molecule has 11 heavy (non-hydrogen) atoms. The van der Waals surface area contributed by atoms with Crippen molar-refractivity contribution in [2.75, 3.05) is 0 Å². The van der Waals surface area contributed by atoms with Crippen molar-refractivity contribution in [3.8, 4) is 0 Å².